The quantitative estimate of drug-likeness (QED) is 0.408. The third kappa shape index (κ3) is 2.88. The predicted molar refractivity (Wildman–Crippen MR) is 86.3 cm³/mol. The van der Waals surface area contributed by atoms with E-state index >= 15 is 0 Å². The Morgan fingerprint density at radius 2 is 2.25 bits per heavy atom. The zero-order chi connectivity index (χ0) is 17.3. The van der Waals surface area contributed by atoms with E-state index in [1.54, 1.807) is 11.6 Å². The number of nitrogens with zero attached hydrogens (tertiary/aromatic N) is 3. The van der Waals surface area contributed by atoms with Crippen LogP contribution >= 0.6 is 11.3 Å². The number of ether oxygens (including phenoxy) is 1. The first-order chi connectivity index (χ1) is 11.5. The van der Waals surface area contributed by atoms with Crippen LogP contribution in [-0.4, -0.2) is 20.3 Å². The summed E-state index contributed by atoms with van der Waals surface area (Å²) >= 11 is 1.29. The lowest BCUT2D eigenvalue weighted by molar-refractivity contribution is -0.385. The van der Waals surface area contributed by atoms with E-state index in [0.717, 1.165) is 0 Å². The van der Waals surface area contributed by atoms with Crippen LogP contribution in [0.25, 0.3) is 4.96 Å². The highest BCUT2D eigenvalue weighted by molar-refractivity contribution is 7.15. The van der Waals surface area contributed by atoms with Crippen molar-refractivity contribution in [1.29, 1.82) is 0 Å². The highest BCUT2D eigenvalue weighted by Gasteiger charge is 2.19. The molecule has 0 amide bonds. The van der Waals surface area contributed by atoms with Crippen molar-refractivity contribution in [2.75, 3.05) is 0 Å². The molecule has 9 heteroatoms. The smallest absolute Gasteiger partial charge is 0.339 e. The summed E-state index contributed by atoms with van der Waals surface area (Å²) < 4.78 is 6.53. The second-order valence-corrected chi connectivity index (χ2v) is 5.80. The molecular formula is C15H11N3O5S. The molecule has 3 rings (SSSR count). The maximum Gasteiger partial charge on any atom is 0.339 e. The standard InChI is InChI=1S/C15H11N3O5S/c1-9-11(3-2-4-12(9)18(21)22)14(20)23-8-10-7-13(19)17-5-6-24-15(17)16-10/h2-7H,8H2,1H3. The van der Waals surface area contributed by atoms with Crippen molar-refractivity contribution in [2.24, 2.45) is 0 Å². The Morgan fingerprint density at radius 3 is 3.00 bits per heavy atom. The Bertz CT molecular complexity index is 1010. The first kappa shape index (κ1) is 15.8. The van der Waals surface area contributed by atoms with Crippen LogP contribution < -0.4 is 5.56 Å². The average molecular weight is 345 g/mol. The molecule has 0 N–H and O–H groups in total. The molecule has 0 fully saturated rings. The van der Waals surface area contributed by atoms with Crippen molar-refractivity contribution in [3.8, 4) is 0 Å². The summed E-state index contributed by atoms with van der Waals surface area (Å²) in [6.07, 6.45) is 1.61. The number of esters is 1. The monoisotopic (exact) mass is 345 g/mol. The first-order valence-corrected chi connectivity index (χ1v) is 7.72. The van der Waals surface area contributed by atoms with Gasteiger partial charge >= 0.3 is 5.97 Å². The van der Waals surface area contributed by atoms with Gasteiger partial charge in [-0.2, -0.15) is 0 Å². The third-order valence-corrected chi connectivity index (χ3v) is 4.19. The summed E-state index contributed by atoms with van der Waals surface area (Å²) in [6, 6.07) is 5.48. The molecule has 2 aromatic heterocycles. The van der Waals surface area contributed by atoms with Crippen LogP contribution in [0.1, 0.15) is 21.6 Å². The fourth-order valence-electron chi connectivity index (χ4n) is 2.22. The number of hydrogen-bond donors (Lipinski definition) is 0. The zero-order valence-corrected chi connectivity index (χ0v) is 13.3. The van der Waals surface area contributed by atoms with Gasteiger partial charge in [0, 0.05) is 29.3 Å². The molecule has 0 spiro atoms. The number of thiazole rings is 1. The second kappa shape index (κ2) is 6.20. The molecule has 0 saturated carbocycles. The van der Waals surface area contributed by atoms with Crippen LogP contribution in [0.5, 0.6) is 0 Å². The fourth-order valence-corrected chi connectivity index (χ4v) is 2.96. The third-order valence-electron chi connectivity index (χ3n) is 3.43. The summed E-state index contributed by atoms with van der Waals surface area (Å²) in [4.78, 5) is 39.1. The first-order valence-electron chi connectivity index (χ1n) is 6.84. The van der Waals surface area contributed by atoms with Gasteiger partial charge in [-0.25, -0.2) is 9.78 Å². The number of carbonyl (C=O) groups excluding carboxylic acids is 1. The van der Waals surface area contributed by atoms with E-state index in [-0.39, 0.29) is 29.0 Å². The maximum absolute atomic E-state index is 12.2. The Morgan fingerprint density at radius 1 is 1.46 bits per heavy atom. The molecule has 8 nitrogen and oxygen atoms in total. The van der Waals surface area contributed by atoms with E-state index < -0.39 is 10.9 Å². The SMILES string of the molecule is Cc1c(C(=O)OCc2cc(=O)n3ccsc3n2)cccc1[N+](=O)[O-]. The van der Waals surface area contributed by atoms with Crippen molar-refractivity contribution in [3.63, 3.8) is 0 Å². The van der Waals surface area contributed by atoms with Crippen LogP contribution in [-0.2, 0) is 11.3 Å². The topological polar surface area (TPSA) is 104 Å². The molecule has 1 aromatic carbocycles. The van der Waals surface area contributed by atoms with E-state index in [4.69, 9.17) is 4.74 Å². The molecule has 0 unspecified atom stereocenters. The van der Waals surface area contributed by atoms with E-state index in [1.165, 1.54) is 46.9 Å². The Hall–Kier alpha value is -3.07. The van der Waals surface area contributed by atoms with Gasteiger partial charge in [0.15, 0.2) is 4.96 Å². The highest BCUT2D eigenvalue weighted by atomic mass is 32.1. The van der Waals surface area contributed by atoms with Crippen molar-refractivity contribution in [3.05, 3.63) is 73.1 Å². The molecular weight excluding hydrogens is 334 g/mol. The summed E-state index contributed by atoms with van der Waals surface area (Å²) in [6.45, 7) is 1.29. The Balaban J connectivity index is 1.81. The van der Waals surface area contributed by atoms with Crippen molar-refractivity contribution in [1.82, 2.24) is 9.38 Å². The predicted octanol–water partition coefficient (Wildman–Crippen LogP) is 2.33. The van der Waals surface area contributed by atoms with Crippen LogP contribution in [0.15, 0.2) is 40.6 Å². The number of hydrogen-bond acceptors (Lipinski definition) is 7. The average Bonchev–Trinajstić information content (AvgIpc) is 3.01. The summed E-state index contributed by atoms with van der Waals surface area (Å²) in [5.74, 6) is -0.704. The van der Waals surface area contributed by atoms with E-state index in [1.807, 2.05) is 0 Å². The van der Waals surface area contributed by atoms with Gasteiger partial charge in [-0.15, -0.1) is 11.3 Å². The Kier molecular flexibility index (Phi) is 4.09. The van der Waals surface area contributed by atoms with Crippen LogP contribution in [0, 0.1) is 17.0 Å². The minimum Gasteiger partial charge on any atom is -0.456 e. The van der Waals surface area contributed by atoms with E-state index in [9.17, 15) is 19.7 Å². The van der Waals surface area contributed by atoms with Crippen LogP contribution in [0.3, 0.4) is 0 Å². The van der Waals surface area contributed by atoms with Gasteiger partial charge in [0.2, 0.25) is 0 Å². The molecule has 0 saturated heterocycles. The lowest BCUT2D eigenvalue weighted by atomic mass is 10.1. The van der Waals surface area contributed by atoms with Gasteiger partial charge < -0.3 is 4.74 Å². The normalized spacial score (nSPS) is 10.7. The lowest BCUT2D eigenvalue weighted by Gasteiger charge is -2.07. The minimum atomic E-state index is -0.704. The molecule has 0 radical (unpaired) electrons. The number of rotatable bonds is 4. The molecule has 0 aliphatic carbocycles. The van der Waals surface area contributed by atoms with E-state index in [0.29, 0.717) is 10.7 Å². The van der Waals surface area contributed by atoms with Crippen molar-refractivity contribution >= 4 is 28.0 Å². The van der Waals surface area contributed by atoms with Crippen LogP contribution in [0.4, 0.5) is 5.69 Å². The number of fused-ring (bicyclic) bond motifs is 1. The summed E-state index contributed by atoms with van der Waals surface area (Å²) in [5, 5.41) is 12.6. The van der Waals surface area contributed by atoms with Gasteiger partial charge in [-0.05, 0) is 13.0 Å². The summed E-state index contributed by atoms with van der Waals surface area (Å²) in [5.41, 5.74) is 0.242. The molecule has 0 bridgehead atoms. The Labute approximate surface area is 139 Å². The number of carbonyl (C=O) groups is 1. The number of nitro benzene ring substituents is 1. The molecule has 2 heterocycles. The summed E-state index contributed by atoms with van der Waals surface area (Å²) in [7, 11) is 0. The lowest BCUT2D eigenvalue weighted by Crippen LogP contribution is -2.15. The maximum atomic E-state index is 12.2. The highest BCUT2D eigenvalue weighted by Crippen LogP contribution is 2.22. The van der Waals surface area contributed by atoms with Crippen molar-refractivity contribution in [2.45, 2.75) is 13.5 Å². The number of aromatic nitrogens is 2. The van der Waals surface area contributed by atoms with Gasteiger partial charge in [0.1, 0.15) is 6.61 Å². The molecule has 24 heavy (non-hydrogen) atoms. The van der Waals surface area contributed by atoms with Gasteiger partial charge in [0.05, 0.1) is 16.2 Å². The molecule has 122 valence electrons. The van der Waals surface area contributed by atoms with Gasteiger partial charge in [0.25, 0.3) is 11.2 Å². The number of benzene rings is 1. The second-order valence-electron chi connectivity index (χ2n) is 4.92. The molecule has 0 atom stereocenters. The molecule has 0 aliphatic heterocycles. The van der Waals surface area contributed by atoms with Gasteiger partial charge in [-0.1, -0.05) is 6.07 Å². The largest absolute Gasteiger partial charge is 0.456 e. The number of nitro groups is 1. The van der Waals surface area contributed by atoms with E-state index in [2.05, 4.69) is 4.98 Å². The van der Waals surface area contributed by atoms with Crippen LogP contribution in [0.2, 0.25) is 0 Å². The zero-order valence-electron chi connectivity index (χ0n) is 12.5. The van der Waals surface area contributed by atoms with Gasteiger partial charge in [-0.3, -0.25) is 19.3 Å². The molecule has 0 aliphatic rings. The minimum absolute atomic E-state index is 0.109. The van der Waals surface area contributed by atoms with Crippen molar-refractivity contribution < 1.29 is 14.5 Å². The fraction of sp³-hybridized carbons (Fsp3) is 0.133. The molecule has 3 aromatic rings.